The van der Waals surface area contributed by atoms with E-state index < -0.39 is 0 Å². The highest BCUT2D eigenvalue weighted by Crippen LogP contribution is 2.16. The molecule has 5 nitrogen and oxygen atoms in total. The Kier molecular flexibility index (Phi) is 5.18. The Hall–Kier alpha value is -1.17. The molecule has 88 valence electrons. The van der Waals surface area contributed by atoms with Gasteiger partial charge in [-0.1, -0.05) is 13.8 Å². The van der Waals surface area contributed by atoms with Crippen molar-refractivity contribution in [2.45, 2.75) is 13.8 Å². The van der Waals surface area contributed by atoms with E-state index in [0.717, 1.165) is 4.47 Å². The number of amides is 1. The molecule has 1 aromatic heterocycles. The minimum absolute atomic E-state index is 0.0424. The number of hydrogen-bond donors (Lipinski definition) is 2. The smallest absolute Gasteiger partial charge is 0.239 e. The predicted molar refractivity (Wildman–Crippen MR) is 66.1 cm³/mol. The lowest BCUT2D eigenvalue weighted by atomic mass is 10.2. The van der Waals surface area contributed by atoms with Crippen LogP contribution >= 0.6 is 15.9 Å². The molecule has 1 rings (SSSR count). The van der Waals surface area contributed by atoms with Crippen LogP contribution in [0.1, 0.15) is 13.8 Å². The molecule has 6 heteroatoms. The Bertz CT molecular complexity index is 356. The fourth-order valence-corrected chi connectivity index (χ4v) is 1.35. The maximum atomic E-state index is 11.4. The summed E-state index contributed by atoms with van der Waals surface area (Å²) in [5.74, 6) is 1.03. The first-order valence-corrected chi connectivity index (χ1v) is 5.85. The van der Waals surface area contributed by atoms with Gasteiger partial charge in [0.25, 0.3) is 0 Å². The van der Waals surface area contributed by atoms with Gasteiger partial charge in [-0.2, -0.15) is 0 Å². The molecule has 0 saturated heterocycles. The number of nitrogens with one attached hydrogen (secondary N) is 2. The van der Waals surface area contributed by atoms with Crippen molar-refractivity contribution < 1.29 is 4.79 Å². The van der Waals surface area contributed by atoms with Gasteiger partial charge in [-0.05, 0) is 21.8 Å². The lowest BCUT2D eigenvalue weighted by Gasteiger charge is -2.09. The van der Waals surface area contributed by atoms with Crippen molar-refractivity contribution in [3.8, 4) is 0 Å². The van der Waals surface area contributed by atoms with Crippen LogP contribution in [0.2, 0.25) is 0 Å². The Labute approximate surface area is 103 Å². The summed E-state index contributed by atoms with van der Waals surface area (Å²) in [7, 11) is 0. The number of rotatable bonds is 5. The third-order valence-electron chi connectivity index (χ3n) is 1.79. The Morgan fingerprint density at radius 2 is 2.31 bits per heavy atom. The minimum atomic E-state index is -0.0424. The molecule has 0 atom stereocenters. The van der Waals surface area contributed by atoms with Gasteiger partial charge in [0.1, 0.15) is 12.1 Å². The molecule has 0 aliphatic heterocycles. The Morgan fingerprint density at radius 1 is 1.56 bits per heavy atom. The molecule has 1 heterocycles. The molecule has 1 aromatic rings. The molecule has 0 bridgehead atoms. The second-order valence-corrected chi connectivity index (χ2v) is 4.63. The highest BCUT2D eigenvalue weighted by Gasteiger charge is 2.04. The van der Waals surface area contributed by atoms with Crippen LogP contribution in [0.4, 0.5) is 5.82 Å². The summed E-state index contributed by atoms with van der Waals surface area (Å²) in [6, 6.07) is 0. The van der Waals surface area contributed by atoms with Crippen LogP contribution in [0, 0.1) is 5.92 Å². The van der Waals surface area contributed by atoms with Gasteiger partial charge in [-0.15, -0.1) is 0 Å². The van der Waals surface area contributed by atoms with Crippen molar-refractivity contribution in [3.63, 3.8) is 0 Å². The summed E-state index contributed by atoms with van der Waals surface area (Å²) in [4.78, 5) is 19.2. The van der Waals surface area contributed by atoms with Crippen LogP contribution in [0.25, 0.3) is 0 Å². The molecular weight excluding hydrogens is 272 g/mol. The fourth-order valence-electron chi connectivity index (χ4n) is 0.987. The zero-order valence-corrected chi connectivity index (χ0v) is 10.9. The highest BCUT2D eigenvalue weighted by molar-refractivity contribution is 9.10. The second-order valence-electron chi connectivity index (χ2n) is 3.77. The summed E-state index contributed by atoms with van der Waals surface area (Å²) in [5, 5.41) is 5.74. The van der Waals surface area contributed by atoms with Crippen LogP contribution in [0.3, 0.4) is 0 Å². The molecule has 16 heavy (non-hydrogen) atoms. The van der Waals surface area contributed by atoms with Crippen LogP contribution in [0.15, 0.2) is 17.0 Å². The van der Waals surface area contributed by atoms with E-state index in [1.165, 1.54) is 6.33 Å². The zero-order chi connectivity index (χ0) is 12.0. The summed E-state index contributed by atoms with van der Waals surface area (Å²) >= 11 is 3.29. The van der Waals surface area contributed by atoms with E-state index >= 15 is 0 Å². The van der Waals surface area contributed by atoms with Gasteiger partial charge >= 0.3 is 0 Å². The standard InChI is InChI=1S/C10H15BrN4O/c1-7(2)3-13-9(16)5-14-10-8(11)4-12-6-15-10/h4,6-7H,3,5H2,1-2H3,(H,13,16)(H,12,14,15). The van der Waals surface area contributed by atoms with Gasteiger partial charge in [0.2, 0.25) is 5.91 Å². The molecule has 0 aliphatic carbocycles. The predicted octanol–water partition coefficient (Wildman–Crippen LogP) is 1.42. The van der Waals surface area contributed by atoms with Crippen LogP contribution in [-0.2, 0) is 4.79 Å². The zero-order valence-electron chi connectivity index (χ0n) is 9.33. The number of halogens is 1. The third-order valence-corrected chi connectivity index (χ3v) is 2.37. The summed E-state index contributed by atoms with van der Waals surface area (Å²) < 4.78 is 0.742. The minimum Gasteiger partial charge on any atom is -0.360 e. The maximum absolute atomic E-state index is 11.4. The van der Waals surface area contributed by atoms with E-state index in [-0.39, 0.29) is 12.5 Å². The molecule has 0 aliphatic rings. The monoisotopic (exact) mass is 286 g/mol. The normalized spacial score (nSPS) is 10.2. The largest absolute Gasteiger partial charge is 0.360 e. The fraction of sp³-hybridized carbons (Fsp3) is 0.500. The molecule has 0 spiro atoms. The van der Waals surface area contributed by atoms with E-state index in [4.69, 9.17) is 0 Å². The molecule has 0 saturated carbocycles. The maximum Gasteiger partial charge on any atom is 0.239 e. The molecule has 2 N–H and O–H groups in total. The summed E-state index contributed by atoms with van der Waals surface area (Å²) in [6.07, 6.45) is 3.06. The summed E-state index contributed by atoms with van der Waals surface area (Å²) in [6.45, 7) is 5.00. The van der Waals surface area contributed by atoms with Crippen molar-refractivity contribution in [1.29, 1.82) is 0 Å². The lowest BCUT2D eigenvalue weighted by Crippen LogP contribution is -2.32. The van der Waals surface area contributed by atoms with Crippen LogP contribution in [-0.4, -0.2) is 29.0 Å². The highest BCUT2D eigenvalue weighted by atomic mass is 79.9. The topological polar surface area (TPSA) is 66.9 Å². The third kappa shape index (κ3) is 4.57. The van der Waals surface area contributed by atoms with Crippen molar-refractivity contribution in [1.82, 2.24) is 15.3 Å². The van der Waals surface area contributed by atoms with Crippen LogP contribution < -0.4 is 10.6 Å². The van der Waals surface area contributed by atoms with E-state index in [1.54, 1.807) is 6.20 Å². The second kappa shape index (κ2) is 6.42. The number of hydrogen-bond acceptors (Lipinski definition) is 4. The van der Waals surface area contributed by atoms with Gasteiger partial charge < -0.3 is 10.6 Å². The first-order chi connectivity index (χ1) is 7.59. The Morgan fingerprint density at radius 3 is 2.94 bits per heavy atom. The quantitative estimate of drug-likeness (QED) is 0.859. The van der Waals surface area contributed by atoms with Crippen molar-refractivity contribution in [3.05, 3.63) is 17.0 Å². The first-order valence-electron chi connectivity index (χ1n) is 5.05. The van der Waals surface area contributed by atoms with E-state index in [0.29, 0.717) is 18.3 Å². The number of carbonyl (C=O) groups is 1. The van der Waals surface area contributed by atoms with Gasteiger partial charge in [0, 0.05) is 12.7 Å². The number of carbonyl (C=O) groups excluding carboxylic acids is 1. The molecule has 0 fully saturated rings. The van der Waals surface area contributed by atoms with Crippen LogP contribution in [0.5, 0.6) is 0 Å². The lowest BCUT2D eigenvalue weighted by molar-refractivity contribution is -0.119. The van der Waals surface area contributed by atoms with Crippen molar-refractivity contribution in [2.24, 2.45) is 5.92 Å². The van der Waals surface area contributed by atoms with Crippen molar-refractivity contribution in [2.75, 3.05) is 18.4 Å². The molecule has 0 unspecified atom stereocenters. The van der Waals surface area contributed by atoms with E-state index in [2.05, 4.69) is 50.4 Å². The van der Waals surface area contributed by atoms with E-state index in [1.807, 2.05) is 0 Å². The average Bonchev–Trinajstić information content (AvgIpc) is 2.25. The number of aromatic nitrogens is 2. The van der Waals surface area contributed by atoms with Crippen molar-refractivity contribution >= 4 is 27.7 Å². The molecule has 0 aromatic carbocycles. The number of anilines is 1. The van der Waals surface area contributed by atoms with Gasteiger partial charge in [0.05, 0.1) is 11.0 Å². The molecule has 0 radical (unpaired) electrons. The summed E-state index contributed by atoms with van der Waals surface area (Å²) in [5.41, 5.74) is 0. The first kappa shape index (κ1) is 12.9. The molecule has 1 amide bonds. The van der Waals surface area contributed by atoms with E-state index in [9.17, 15) is 4.79 Å². The van der Waals surface area contributed by atoms with Gasteiger partial charge in [0.15, 0.2) is 0 Å². The SMILES string of the molecule is CC(C)CNC(=O)CNc1ncncc1Br. The average molecular weight is 287 g/mol. The van der Waals surface area contributed by atoms with Gasteiger partial charge in [-0.3, -0.25) is 4.79 Å². The Balaban J connectivity index is 2.35. The molecular formula is C10H15BrN4O. The van der Waals surface area contributed by atoms with Gasteiger partial charge in [-0.25, -0.2) is 9.97 Å². The number of nitrogens with zero attached hydrogens (tertiary/aromatic N) is 2.